The van der Waals surface area contributed by atoms with Crippen LogP contribution in [0.25, 0.3) is 0 Å². The van der Waals surface area contributed by atoms with Gasteiger partial charge >= 0.3 is 5.97 Å². The molecule has 110 valence electrons. The normalized spacial score (nSPS) is 10.5. The van der Waals surface area contributed by atoms with Crippen LogP contribution in [-0.2, 0) is 11.3 Å². The number of methoxy groups -OCH3 is 1. The predicted octanol–water partition coefficient (Wildman–Crippen LogP) is 3.33. The molecule has 21 heavy (non-hydrogen) atoms. The summed E-state index contributed by atoms with van der Waals surface area (Å²) in [5.41, 5.74) is 1.69. The van der Waals surface area contributed by atoms with Gasteiger partial charge in [-0.25, -0.2) is 4.79 Å². The Kier molecular flexibility index (Phi) is 4.95. The highest BCUT2D eigenvalue weighted by atomic mass is 16.5. The van der Waals surface area contributed by atoms with Crippen molar-refractivity contribution in [2.75, 3.05) is 21.2 Å². The van der Waals surface area contributed by atoms with Gasteiger partial charge in [-0.1, -0.05) is 18.2 Å². The van der Waals surface area contributed by atoms with Crippen LogP contribution in [0.5, 0.6) is 11.5 Å². The molecule has 0 radical (unpaired) electrons. The number of hydrogen-bond donors (Lipinski definition) is 0. The van der Waals surface area contributed by atoms with Crippen molar-refractivity contribution in [2.45, 2.75) is 6.54 Å². The second kappa shape index (κ2) is 6.90. The monoisotopic (exact) mass is 285 g/mol. The first-order chi connectivity index (χ1) is 10.1. The third kappa shape index (κ3) is 4.33. The molecule has 2 rings (SSSR count). The number of carbonyl (C=O) groups is 1. The third-order valence-electron chi connectivity index (χ3n) is 2.91. The van der Waals surface area contributed by atoms with Crippen LogP contribution in [0, 0.1) is 0 Å². The van der Waals surface area contributed by atoms with Crippen molar-refractivity contribution in [3.05, 3.63) is 59.7 Å². The fraction of sp³-hybridized carbons (Fsp3) is 0.235. The van der Waals surface area contributed by atoms with Gasteiger partial charge in [-0.2, -0.15) is 0 Å². The van der Waals surface area contributed by atoms with Gasteiger partial charge in [0.1, 0.15) is 11.5 Å². The fourth-order valence-corrected chi connectivity index (χ4v) is 1.97. The number of hydrogen-bond acceptors (Lipinski definition) is 4. The second-order valence-electron chi connectivity index (χ2n) is 5.00. The third-order valence-corrected chi connectivity index (χ3v) is 2.91. The number of benzene rings is 2. The topological polar surface area (TPSA) is 38.8 Å². The Balaban J connectivity index is 2.09. The molecule has 0 N–H and O–H groups in total. The zero-order chi connectivity index (χ0) is 15.2. The van der Waals surface area contributed by atoms with Crippen molar-refractivity contribution >= 4 is 5.97 Å². The second-order valence-corrected chi connectivity index (χ2v) is 5.00. The summed E-state index contributed by atoms with van der Waals surface area (Å²) >= 11 is 0. The molecule has 0 saturated carbocycles. The number of carbonyl (C=O) groups excluding carboxylic acids is 1. The summed E-state index contributed by atoms with van der Waals surface area (Å²) in [4.78, 5) is 13.6. The lowest BCUT2D eigenvalue weighted by molar-refractivity contribution is 0.0600. The molecule has 0 aliphatic carbocycles. The van der Waals surface area contributed by atoms with Crippen molar-refractivity contribution in [1.29, 1.82) is 0 Å². The maximum absolute atomic E-state index is 11.5. The van der Waals surface area contributed by atoms with Crippen LogP contribution in [0.4, 0.5) is 0 Å². The van der Waals surface area contributed by atoms with Crippen LogP contribution < -0.4 is 4.74 Å². The van der Waals surface area contributed by atoms with E-state index in [0.29, 0.717) is 11.3 Å². The zero-order valence-electron chi connectivity index (χ0n) is 12.5. The van der Waals surface area contributed by atoms with Crippen LogP contribution in [0.2, 0.25) is 0 Å². The summed E-state index contributed by atoms with van der Waals surface area (Å²) in [6, 6.07) is 14.8. The summed E-state index contributed by atoms with van der Waals surface area (Å²) < 4.78 is 10.4. The van der Waals surface area contributed by atoms with Gasteiger partial charge in [-0.15, -0.1) is 0 Å². The van der Waals surface area contributed by atoms with Crippen LogP contribution in [-0.4, -0.2) is 32.1 Å². The summed E-state index contributed by atoms with van der Waals surface area (Å²) in [5, 5.41) is 0. The quantitative estimate of drug-likeness (QED) is 0.790. The smallest absolute Gasteiger partial charge is 0.337 e. The molecule has 0 bridgehead atoms. The van der Waals surface area contributed by atoms with Crippen LogP contribution in [0.1, 0.15) is 15.9 Å². The molecule has 0 aromatic heterocycles. The van der Waals surface area contributed by atoms with E-state index in [1.54, 1.807) is 24.3 Å². The van der Waals surface area contributed by atoms with E-state index in [1.807, 2.05) is 38.4 Å². The van der Waals surface area contributed by atoms with Gasteiger partial charge in [0.05, 0.1) is 12.7 Å². The molecule has 0 amide bonds. The SMILES string of the molecule is COC(=O)c1cccc(Oc2ccc(CN(C)C)cc2)c1. The van der Waals surface area contributed by atoms with Crippen molar-refractivity contribution in [3.8, 4) is 11.5 Å². The molecule has 0 fully saturated rings. The van der Waals surface area contributed by atoms with Crippen molar-refractivity contribution in [3.63, 3.8) is 0 Å². The van der Waals surface area contributed by atoms with Gasteiger partial charge in [0.2, 0.25) is 0 Å². The molecule has 0 atom stereocenters. The molecule has 2 aromatic rings. The minimum atomic E-state index is -0.373. The van der Waals surface area contributed by atoms with Gasteiger partial charge in [0.15, 0.2) is 0 Å². The molecular formula is C17H19NO3. The van der Waals surface area contributed by atoms with Crippen LogP contribution >= 0.6 is 0 Å². The summed E-state index contributed by atoms with van der Waals surface area (Å²) in [5.74, 6) is 0.972. The van der Waals surface area contributed by atoms with E-state index in [9.17, 15) is 4.79 Å². The standard InChI is InChI=1S/C17H19NO3/c1-18(2)12-13-7-9-15(10-8-13)21-16-6-4-5-14(11-16)17(19)20-3/h4-11H,12H2,1-3H3. The summed E-state index contributed by atoms with van der Waals surface area (Å²) in [7, 11) is 5.42. The molecule has 0 aliphatic rings. The van der Waals surface area contributed by atoms with Gasteiger partial charge in [0, 0.05) is 6.54 Å². The Morgan fingerprint density at radius 2 is 1.76 bits per heavy atom. The molecule has 0 saturated heterocycles. The molecular weight excluding hydrogens is 266 g/mol. The summed E-state index contributed by atoms with van der Waals surface area (Å²) in [6.07, 6.45) is 0. The number of ether oxygens (including phenoxy) is 2. The van der Waals surface area contributed by atoms with E-state index in [-0.39, 0.29) is 5.97 Å². The Labute approximate surface area is 124 Å². The fourth-order valence-electron chi connectivity index (χ4n) is 1.97. The predicted molar refractivity (Wildman–Crippen MR) is 81.7 cm³/mol. The number of esters is 1. The molecule has 4 heteroatoms. The average Bonchev–Trinajstić information content (AvgIpc) is 2.48. The maximum Gasteiger partial charge on any atom is 0.337 e. The van der Waals surface area contributed by atoms with E-state index in [0.717, 1.165) is 12.3 Å². The molecule has 0 aliphatic heterocycles. The Morgan fingerprint density at radius 3 is 2.38 bits per heavy atom. The van der Waals surface area contributed by atoms with E-state index in [2.05, 4.69) is 4.90 Å². The minimum Gasteiger partial charge on any atom is -0.465 e. The molecule has 0 heterocycles. The van der Waals surface area contributed by atoms with Crippen LogP contribution in [0.3, 0.4) is 0 Å². The zero-order valence-corrected chi connectivity index (χ0v) is 12.5. The summed E-state index contributed by atoms with van der Waals surface area (Å²) in [6.45, 7) is 0.887. The van der Waals surface area contributed by atoms with Gasteiger partial charge in [-0.05, 0) is 50.0 Å². The van der Waals surface area contributed by atoms with Crippen molar-refractivity contribution in [2.24, 2.45) is 0 Å². The van der Waals surface area contributed by atoms with Gasteiger partial charge in [-0.3, -0.25) is 0 Å². The lowest BCUT2D eigenvalue weighted by atomic mass is 10.2. The number of nitrogens with zero attached hydrogens (tertiary/aromatic N) is 1. The van der Waals surface area contributed by atoms with E-state index in [1.165, 1.54) is 12.7 Å². The Morgan fingerprint density at radius 1 is 1.05 bits per heavy atom. The Hall–Kier alpha value is -2.33. The van der Waals surface area contributed by atoms with Crippen molar-refractivity contribution < 1.29 is 14.3 Å². The highest BCUT2D eigenvalue weighted by Gasteiger charge is 2.06. The first kappa shape index (κ1) is 15.1. The maximum atomic E-state index is 11.5. The first-order valence-electron chi connectivity index (χ1n) is 6.68. The Bertz CT molecular complexity index is 606. The van der Waals surface area contributed by atoms with E-state index < -0.39 is 0 Å². The average molecular weight is 285 g/mol. The van der Waals surface area contributed by atoms with Crippen LogP contribution in [0.15, 0.2) is 48.5 Å². The lowest BCUT2D eigenvalue weighted by Gasteiger charge is -2.11. The highest BCUT2D eigenvalue weighted by Crippen LogP contribution is 2.23. The minimum absolute atomic E-state index is 0.373. The van der Waals surface area contributed by atoms with Gasteiger partial charge < -0.3 is 14.4 Å². The lowest BCUT2D eigenvalue weighted by Crippen LogP contribution is -2.10. The molecule has 4 nitrogen and oxygen atoms in total. The van der Waals surface area contributed by atoms with E-state index in [4.69, 9.17) is 9.47 Å². The first-order valence-corrected chi connectivity index (χ1v) is 6.68. The molecule has 0 spiro atoms. The number of rotatable bonds is 5. The molecule has 0 unspecified atom stereocenters. The molecule has 2 aromatic carbocycles. The van der Waals surface area contributed by atoms with Crippen molar-refractivity contribution in [1.82, 2.24) is 4.90 Å². The largest absolute Gasteiger partial charge is 0.465 e. The highest BCUT2D eigenvalue weighted by molar-refractivity contribution is 5.89. The van der Waals surface area contributed by atoms with Gasteiger partial charge in [0.25, 0.3) is 0 Å². The van der Waals surface area contributed by atoms with E-state index >= 15 is 0 Å².